The Kier molecular flexibility index (Phi) is 4.45. The molecule has 0 radical (unpaired) electrons. The third-order valence-corrected chi connectivity index (χ3v) is 2.23. The van der Waals surface area contributed by atoms with Crippen LogP contribution in [0.15, 0.2) is 6.20 Å². The van der Waals surface area contributed by atoms with Gasteiger partial charge in [-0.05, 0) is 21.1 Å². The first-order valence-corrected chi connectivity index (χ1v) is 5.16. The summed E-state index contributed by atoms with van der Waals surface area (Å²) >= 11 is 0. The highest BCUT2D eigenvalue weighted by atomic mass is 16.1. The second-order valence-electron chi connectivity index (χ2n) is 4.15. The van der Waals surface area contributed by atoms with Crippen molar-refractivity contribution >= 4 is 5.91 Å². The SMILES string of the molecule is CN(C)CCN(C)Cc1c[nH]c(C(N)=O)n1. The molecule has 1 aromatic rings. The van der Waals surface area contributed by atoms with Gasteiger partial charge in [-0.3, -0.25) is 9.69 Å². The highest BCUT2D eigenvalue weighted by Gasteiger charge is 2.08. The molecule has 0 unspecified atom stereocenters. The lowest BCUT2D eigenvalue weighted by molar-refractivity contribution is 0.0991. The summed E-state index contributed by atoms with van der Waals surface area (Å²) in [4.78, 5) is 21.9. The van der Waals surface area contributed by atoms with Gasteiger partial charge in [-0.25, -0.2) is 4.98 Å². The van der Waals surface area contributed by atoms with Gasteiger partial charge in [-0.15, -0.1) is 0 Å². The van der Waals surface area contributed by atoms with Gasteiger partial charge in [0.15, 0.2) is 5.82 Å². The summed E-state index contributed by atoms with van der Waals surface area (Å²) in [7, 11) is 6.09. The molecule has 0 fully saturated rings. The number of aromatic nitrogens is 2. The van der Waals surface area contributed by atoms with E-state index >= 15 is 0 Å². The smallest absolute Gasteiger partial charge is 0.284 e. The van der Waals surface area contributed by atoms with Gasteiger partial charge in [0, 0.05) is 25.8 Å². The second-order valence-corrected chi connectivity index (χ2v) is 4.15. The number of primary amides is 1. The number of H-pyrrole nitrogens is 1. The van der Waals surface area contributed by atoms with Gasteiger partial charge in [-0.2, -0.15) is 0 Å². The van der Waals surface area contributed by atoms with Gasteiger partial charge < -0.3 is 15.6 Å². The van der Waals surface area contributed by atoms with Crippen LogP contribution in [0.3, 0.4) is 0 Å². The van der Waals surface area contributed by atoms with E-state index in [1.165, 1.54) is 0 Å². The van der Waals surface area contributed by atoms with Crippen molar-refractivity contribution in [1.82, 2.24) is 19.8 Å². The normalized spacial score (nSPS) is 11.3. The summed E-state index contributed by atoms with van der Waals surface area (Å²) in [6.45, 7) is 2.65. The Labute approximate surface area is 95.4 Å². The Morgan fingerprint density at radius 2 is 2.12 bits per heavy atom. The molecular formula is C10H19N5O. The zero-order valence-electron chi connectivity index (χ0n) is 10.0. The molecule has 0 atom stereocenters. The summed E-state index contributed by atoms with van der Waals surface area (Å²) in [5.41, 5.74) is 5.93. The number of carbonyl (C=O) groups excluding carboxylic acids is 1. The molecule has 6 heteroatoms. The molecule has 0 saturated carbocycles. The van der Waals surface area contributed by atoms with E-state index in [-0.39, 0.29) is 5.82 Å². The number of aromatic amines is 1. The van der Waals surface area contributed by atoms with Crippen molar-refractivity contribution in [2.75, 3.05) is 34.2 Å². The van der Waals surface area contributed by atoms with E-state index in [1.54, 1.807) is 6.20 Å². The molecule has 0 aliphatic rings. The highest BCUT2D eigenvalue weighted by molar-refractivity contribution is 5.88. The van der Waals surface area contributed by atoms with Crippen molar-refractivity contribution in [3.05, 3.63) is 17.7 Å². The van der Waals surface area contributed by atoms with Crippen molar-refractivity contribution in [2.45, 2.75) is 6.54 Å². The number of imidazole rings is 1. The lowest BCUT2D eigenvalue weighted by Gasteiger charge is -2.17. The maximum Gasteiger partial charge on any atom is 0.284 e. The van der Waals surface area contributed by atoms with Crippen LogP contribution in [0.2, 0.25) is 0 Å². The fourth-order valence-electron chi connectivity index (χ4n) is 1.29. The number of nitrogens with two attached hydrogens (primary N) is 1. The van der Waals surface area contributed by atoms with E-state index < -0.39 is 5.91 Å². The first-order chi connectivity index (χ1) is 7.49. The Balaban J connectivity index is 2.43. The van der Waals surface area contributed by atoms with Gasteiger partial charge in [0.1, 0.15) is 0 Å². The summed E-state index contributed by atoms with van der Waals surface area (Å²) in [5, 5.41) is 0. The third kappa shape index (κ3) is 4.00. The van der Waals surface area contributed by atoms with Crippen LogP contribution in [-0.4, -0.2) is 59.9 Å². The van der Waals surface area contributed by atoms with Crippen molar-refractivity contribution < 1.29 is 4.79 Å². The van der Waals surface area contributed by atoms with Crippen LogP contribution in [0.5, 0.6) is 0 Å². The van der Waals surface area contributed by atoms with Crippen LogP contribution in [0, 0.1) is 0 Å². The molecule has 0 bridgehead atoms. The van der Waals surface area contributed by atoms with E-state index in [0.717, 1.165) is 18.8 Å². The van der Waals surface area contributed by atoms with E-state index in [1.807, 2.05) is 21.1 Å². The fourth-order valence-corrected chi connectivity index (χ4v) is 1.29. The molecule has 6 nitrogen and oxygen atoms in total. The Hall–Kier alpha value is -1.40. The molecule has 16 heavy (non-hydrogen) atoms. The van der Waals surface area contributed by atoms with Gasteiger partial charge in [0.2, 0.25) is 0 Å². The van der Waals surface area contributed by atoms with E-state index in [0.29, 0.717) is 6.54 Å². The predicted molar refractivity (Wildman–Crippen MR) is 62.0 cm³/mol. The molecule has 1 aromatic heterocycles. The number of hydrogen-bond donors (Lipinski definition) is 2. The largest absolute Gasteiger partial charge is 0.363 e. The Morgan fingerprint density at radius 1 is 1.44 bits per heavy atom. The maximum absolute atomic E-state index is 10.8. The maximum atomic E-state index is 10.8. The predicted octanol–water partition coefficient (Wildman–Crippen LogP) is -0.498. The van der Waals surface area contributed by atoms with E-state index in [9.17, 15) is 4.79 Å². The Bertz CT molecular complexity index is 347. The monoisotopic (exact) mass is 225 g/mol. The zero-order chi connectivity index (χ0) is 12.1. The lowest BCUT2D eigenvalue weighted by Crippen LogP contribution is -2.28. The van der Waals surface area contributed by atoms with E-state index in [4.69, 9.17) is 5.73 Å². The molecule has 0 saturated heterocycles. The van der Waals surface area contributed by atoms with Gasteiger partial charge >= 0.3 is 0 Å². The zero-order valence-corrected chi connectivity index (χ0v) is 10.0. The van der Waals surface area contributed by atoms with Crippen LogP contribution in [0.4, 0.5) is 0 Å². The average Bonchev–Trinajstić information content (AvgIpc) is 2.63. The van der Waals surface area contributed by atoms with Crippen molar-refractivity contribution in [1.29, 1.82) is 0 Å². The first-order valence-electron chi connectivity index (χ1n) is 5.16. The number of carbonyl (C=O) groups is 1. The van der Waals surface area contributed by atoms with Crippen LogP contribution in [-0.2, 0) is 6.54 Å². The van der Waals surface area contributed by atoms with E-state index in [2.05, 4.69) is 19.8 Å². The molecule has 0 spiro atoms. The number of nitrogens with zero attached hydrogens (tertiary/aromatic N) is 3. The first kappa shape index (κ1) is 12.7. The van der Waals surface area contributed by atoms with Crippen molar-refractivity contribution in [2.24, 2.45) is 5.73 Å². The minimum absolute atomic E-state index is 0.219. The Morgan fingerprint density at radius 3 is 2.62 bits per heavy atom. The molecule has 90 valence electrons. The topological polar surface area (TPSA) is 78.2 Å². The summed E-state index contributed by atoms with van der Waals surface area (Å²) in [5.74, 6) is -0.307. The minimum Gasteiger partial charge on any atom is -0.363 e. The molecular weight excluding hydrogens is 206 g/mol. The van der Waals surface area contributed by atoms with Crippen LogP contribution >= 0.6 is 0 Å². The molecule has 1 rings (SSSR count). The molecule has 1 amide bonds. The van der Waals surface area contributed by atoms with Gasteiger partial charge in [0.05, 0.1) is 5.69 Å². The molecule has 3 N–H and O–H groups in total. The summed E-state index contributed by atoms with van der Waals surface area (Å²) in [6.07, 6.45) is 1.71. The highest BCUT2D eigenvalue weighted by Crippen LogP contribution is 2.00. The molecule has 0 aromatic carbocycles. The molecule has 0 aliphatic heterocycles. The lowest BCUT2D eigenvalue weighted by atomic mass is 10.4. The van der Waals surface area contributed by atoms with Crippen LogP contribution in [0.1, 0.15) is 16.3 Å². The average molecular weight is 225 g/mol. The minimum atomic E-state index is -0.526. The van der Waals surface area contributed by atoms with Crippen molar-refractivity contribution in [3.8, 4) is 0 Å². The summed E-state index contributed by atoms with van der Waals surface area (Å²) in [6, 6.07) is 0. The van der Waals surface area contributed by atoms with Crippen LogP contribution < -0.4 is 5.73 Å². The second kappa shape index (κ2) is 5.62. The van der Waals surface area contributed by atoms with Crippen molar-refractivity contribution in [3.63, 3.8) is 0 Å². The molecule has 1 heterocycles. The number of hydrogen-bond acceptors (Lipinski definition) is 4. The molecule has 0 aliphatic carbocycles. The fraction of sp³-hybridized carbons (Fsp3) is 0.600. The van der Waals surface area contributed by atoms with Crippen LogP contribution in [0.25, 0.3) is 0 Å². The number of amides is 1. The van der Waals surface area contributed by atoms with Gasteiger partial charge in [-0.1, -0.05) is 0 Å². The number of nitrogens with one attached hydrogen (secondary N) is 1. The number of likely N-dealkylation sites (N-methyl/N-ethyl adjacent to an activating group) is 2. The third-order valence-electron chi connectivity index (χ3n) is 2.23. The summed E-state index contributed by atoms with van der Waals surface area (Å²) < 4.78 is 0. The standard InChI is InChI=1S/C10H19N5O/c1-14(2)4-5-15(3)7-8-6-12-10(13-8)9(11)16/h6H,4-5,7H2,1-3H3,(H2,11,16)(H,12,13). The van der Waals surface area contributed by atoms with Gasteiger partial charge in [0.25, 0.3) is 5.91 Å². The number of rotatable bonds is 6. The quantitative estimate of drug-likeness (QED) is 0.684.